The third-order valence-corrected chi connectivity index (χ3v) is 11.2. The molecular formula is C4H8Cl12Na4O20P8. The molecule has 0 aromatic heterocycles. The van der Waals surface area contributed by atoms with Gasteiger partial charge in [-0.05, 0) is 0 Å². The summed E-state index contributed by atoms with van der Waals surface area (Å²) in [5.41, 5.74) is 0. The minimum atomic E-state index is -3.57. The van der Waals surface area contributed by atoms with E-state index in [2.05, 4.69) is 35.3 Å². The molecule has 0 heterocycles. The molecule has 0 radical (unpaired) electrons. The Bertz CT molecular complexity index is 880. The van der Waals surface area contributed by atoms with Gasteiger partial charge in [0.1, 0.15) is 33.0 Å². The summed E-state index contributed by atoms with van der Waals surface area (Å²) in [6.07, 6.45) is 0. The Morgan fingerprint density at radius 3 is 0.479 bits per heavy atom. The normalized spacial score (nSPS) is 16.3. The maximum absolute atomic E-state index is 10.4. The molecule has 0 rings (SSSR count). The summed E-state index contributed by atoms with van der Waals surface area (Å²) in [5, 5.41) is 0. The zero-order valence-corrected chi connectivity index (χ0v) is 47.8. The van der Waals surface area contributed by atoms with Gasteiger partial charge in [-0.15, -0.1) is 0 Å². The van der Waals surface area contributed by atoms with Crippen LogP contribution in [0.3, 0.4) is 0 Å². The predicted molar refractivity (Wildman–Crippen MR) is 162 cm³/mol. The molecule has 0 fully saturated rings. The zero-order chi connectivity index (χ0) is 36.3. The van der Waals surface area contributed by atoms with Gasteiger partial charge in [-0.25, -0.2) is 0 Å². The van der Waals surface area contributed by atoms with Crippen LogP contribution in [-0.2, 0) is 71.9 Å². The molecule has 8 unspecified atom stereocenters. The predicted octanol–water partition coefficient (Wildman–Crippen LogP) is -6.04. The molecule has 0 saturated heterocycles. The molecule has 0 bridgehead atoms. The average molecular weight is 1140 g/mol. The van der Waals surface area contributed by atoms with Crippen LogP contribution in [0.15, 0.2) is 0 Å². The first kappa shape index (κ1) is 74.3. The molecule has 272 valence electrons. The van der Waals surface area contributed by atoms with Crippen LogP contribution in [0.5, 0.6) is 0 Å². The summed E-state index contributed by atoms with van der Waals surface area (Å²) in [7, 11) is -27.4. The number of rotatable bonds is 12. The van der Waals surface area contributed by atoms with Gasteiger partial charge in [0, 0.05) is 0 Å². The fraction of sp³-hybridized carbons (Fsp3) is 1.00. The summed E-state index contributed by atoms with van der Waals surface area (Å²) >= 11 is 59.7. The average Bonchev–Trinajstić information content (AvgIpc) is 2.60. The zero-order valence-electron chi connectivity index (χ0n) is 22.7. The standard InChI is InChI=1S/4CH3Cl3O5P2.4Na/c4*2-1(3,4)8-11(7)9-10(5)6;;;;/h4*10-11H,(H,5,6);;;;/q;;;;4*+1/p-4. The molecular weight excluding hydrogens is 1130 g/mol. The van der Waals surface area contributed by atoms with Crippen molar-refractivity contribution < 1.29 is 210 Å². The Morgan fingerprint density at radius 1 is 0.312 bits per heavy atom. The first-order valence-electron chi connectivity index (χ1n) is 7.98. The minimum absolute atomic E-state index is 0. The van der Waals surface area contributed by atoms with Crippen molar-refractivity contribution in [3.05, 3.63) is 0 Å². The van der Waals surface area contributed by atoms with Gasteiger partial charge in [0.05, 0.1) is 0 Å². The van der Waals surface area contributed by atoms with Crippen LogP contribution in [0, 0.1) is 0 Å². The number of hydrogen-bond donors (Lipinski definition) is 0. The minimum Gasteiger partial charge on any atom is -0.781 e. The molecule has 0 spiro atoms. The maximum Gasteiger partial charge on any atom is 1.00 e. The summed E-state index contributed by atoms with van der Waals surface area (Å²) < 4.78 is 102. The fourth-order valence-corrected chi connectivity index (χ4v) is 6.60. The van der Waals surface area contributed by atoms with E-state index >= 15 is 0 Å². The second-order valence-electron chi connectivity index (χ2n) is 4.60. The van der Waals surface area contributed by atoms with Crippen molar-refractivity contribution >= 4 is 205 Å². The van der Waals surface area contributed by atoms with Gasteiger partial charge in [-0.1, -0.05) is 139 Å². The van der Waals surface area contributed by atoms with Gasteiger partial charge < -0.3 is 37.8 Å². The van der Waals surface area contributed by atoms with Gasteiger partial charge in [0.2, 0.25) is 0 Å². The summed E-state index contributed by atoms with van der Waals surface area (Å²) in [6, 6.07) is 0. The Balaban J connectivity index is -0.0000000721. The molecule has 0 aliphatic heterocycles. The van der Waals surface area contributed by atoms with Crippen molar-refractivity contribution in [2.75, 3.05) is 0 Å². The molecule has 0 aromatic rings. The molecule has 0 aromatic carbocycles. The summed E-state index contributed by atoms with van der Waals surface area (Å²) in [4.78, 5) is 39.1. The summed E-state index contributed by atoms with van der Waals surface area (Å²) in [5.74, 6) is 0. The van der Waals surface area contributed by atoms with E-state index in [1.165, 1.54) is 0 Å². The van der Waals surface area contributed by atoms with Crippen LogP contribution >= 0.6 is 205 Å². The Hall–Kier alpha value is 8.84. The largest absolute Gasteiger partial charge is 1.00 e. The van der Waals surface area contributed by atoms with E-state index in [9.17, 15) is 56.1 Å². The molecule has 48 heavy (non-hydrogen) atoms. The Kier molecular flexibility index (Phi) is 61.8. The third kappa shape index (κ3) is 79.1. The summed E-state index contributed by atoms with van der Waals surface area (Å²) in [6.45, 7) is 0. The van der Waals surface area contributed by atoms with Crippen molar-refractivity contribution in [3.8, 4) is 0 Å². The molecule has 0 saturated carbocycles. The van der Waals surface area contributed by atoms with Crippen molar-refractivity contribution in [1.82, 2.24) is 0 Å². The van der Waals surface area contributed by atoms with Gasteiger partial charge in [-0.2, -0.15) is 0 Å². The number of hydrogen-bond acceptors (Lipinski definition) is 20. The molecule has 8 atom stereocenters. The van der Waals surface area contributed by atoms with E-state index in [1.807, 2.05) is 0 Å². The van der Waals surface area contributed by atoms with Gasteiger partial charge in [-0.3, -0.25) is 53.6 Å². The maximum atomic E-state index is 10.4. The van der Waals surface area contributed by atoms with Crippen molar-refractivity contribution in [2.45, 2.75) is 15.9 Å². The molecule has 20 nitrogen and oxygen atoms in total. The second-order valence-corrected chi connectivity index (χ2v) is 21.4. The monoisotopic (exact) mass is 1140 g/mol. The Labute approximate surface area is 423 Å². The number of halogens is 12. The van der Waals surface area contributed by atoms with Crippen LogP contribution in [-0.4, -0.2) is 15.9 Å². The smallest absolute Gasteiger partial charge is 0.781 e. The van der Waals surface area contributed by atoms with E-state index < -0.39 is 82.0 Å². The van der Waals surface area contributed by atoms with Crippen LogP contribution in [0.2, 0.25) is 0 Å². The number of alkyl halides is 12. The van der Waals surface area contributed by atoms with Crippen LogP contribution in [0.1, 0.15) is 0 Å². The van der Waals surface area contributed by atoms with Crippen LogP contribution in [0.4, 0.5) is 0 Å². The third-order valence-electron chi connectivity index (χ3n) is 1.46. The van der Waals surface area contributed by atoms with Gasteiger partial charge in [0.25, 0.3) is 0 Å². The van der Waals surface area contributed by atoms with E-state index in [0.717, 1.165) is 0 Å². The van der Waals surface area contributed by atoms with Gasteiger partial charge in [0.15, 0.2) is 0 Å². The van der Waals surface area contributed by atoms with Crippen molar-refractivity contribution in [3.63, 3.8) is 0 Å². The van der Waals surface area contributed by atoms with E-state index in [-0.39, 0.29) is 118 Å². The SMILES string of the molecule is O=[PH]([O-])O[PH](=O)OC(Cl)(Cl)Cl.O=[PH]([O-])O[PH](=O)OC(Cl)(Cl)Cl.O=[PH]([O-])O[PH](=O)OC(Cl)(Cl)Cl.O=[PH]([O-])O[PH](=O)OC(Cl)(Cl)Cl.[Na+].[Na+].[Na+].[Na+]. The van der Waals surface area contributed by atoms with Crippen LogP contribution < -0.4 is 138 Å². The van der Waals surface area contributed by atoms with Crippen molar-refractivity contribution in [1.29, 1.82) is 0 Å². The second kappa shape index (κ2) is 39.9. The first-order valence-corrected chi connectivity index (χ1v) is 22.3. The quantitative estimate of drug-likeness (QED) is 0.0998. The van der Waals surface area contributed by atoms with Gasteiger partial charge >= 0.3 is 167 Å². The molecule has 0 aliphatic carbocycles. The molecule has 44 heteroatoms. The topological polar surface area (TPSA) is 303 Å². The molecule has 0 N–H and O–H groups in total. The first-order chi connectivity index (χ1) is 19.2. The molecule has 0 aliphatic rings. The Morgan fingerprint density at radius 2 is 0.417 bits per heavy atom. The van der Waals surface area contributed by atoms with E-state index in [0.29, 0.717) is 0 Å². The van der Waals surface area contributed by atoms with E-state index in [1.54, 1.807) is 0 Å². The van der Waals surface area contributed by atoms with Crippen LogP contribution in [0.25, 0.3) is 0 Å². The fourth-order valence-electron chi connectivity index (χ4n) is 0.733. The van der Waals surface area contributed by atoms with Crippen molar-refractivity contribution in [2.24, 2.45) is 0 Å². The molecule has 0 amide bonds. The van der Waals surface area contributed by atoms with E-state index in [4.69, 9.17) is 139 Å².